The first-order valence-electron chi connectivity index (χ1n) is 6.13. The Balaban J connectivity index is 1.99. The average Bonchev–Trinajstić information content (AvgIpc) is 2.92. The van der Waals surface area contributed by atoms with Crippen molar-refractivity contribution in [2.24, 2.45) is 5.92 Å². The number of halogens is 1. The highest BCUT2D eigenvalue weighted by atomic mass is 35.5. The number of aromatic nitrogens is 2. The first-order valence-corrected chi connectivity index (χ1v) is 6.67. The number of nitrogens with zero attached hydrogens (tertiary/aromatic N) is 4. The fourth-order valence-electron chi connectivity index (χ4n) is 2.05. The van der Waals surface area contributed by atoms with Crippen LogP contribution < -0.4 is 4.90 Å². The maximum atomic E-state index is 11.8. The van der Waals surface area contributed by atoms with Gasteiger partial charge in [0.2, 0.25) is 5.91 Å². The van der Waals surface area contributed by atoms with Crippen molar-refractivity contribution in [2.45, 2.75) is 13.0 Å². The number of anilines is 1. The van der Waals surface area contributed by atoms with Gasteiger partial charge >= 0.3 is 0 Å². The molecule has 1 aliphatic rings. The van der Waals surface area contributed by atoms with Crippen molar-refractivity contribution < 1.29 is 4.79 Å². The Labute approximate surface area is 112 Å². The van der Waals surface area contributed by atoms with Gasteiger partial charge in [0.15, 0.2) is 0 Å². The Morgan fingerprint density at radius 3 is 2.94 bits per heavy atom. The van der Waals surface area contributed by atoms with Gasteiger partial charge in [-0.3, -0.25) is 9.48 Å². The highest BCUT2D eigenvalue weighted by Crippen LogP contribution is 2.25. The number of alkyl halides is 1. The van der Waals surface area contributed by atoms with Gasteiger partial charge in [-0.2, -0.15) is 5.10 Å². The van der Waals surface area contributed by atoms with Crippen molar-refractivity contribution in [2.75, 3.05) is 38.0 Å². The summed E-state index contributed by atoms with van der Waals surface area (Å²) in [5.41, 5.74) is 0.881. The third-order valence-corrected chi connectivity index (χ3v) is 3.57. The molecule has 5 nitrogen and oxygen atoms in total. The van der Waals surface area contributed by atoms with E-state index < -0.39 is 0 Å². The molecule has 1 atom stereocenters. The van der Waals surface area contributed by atoms with Crippen LogP contribution in [0.1, 0.15) is 6.42 Å². The summed E-state index contributed by atoms with van der Waals surface area (Å²) in [5, 5.41) is 4.28. The normalized spacial score (nSPS) is 20.1. The lowest BCUT2D eigenvalue weighted by Gasteiger charge is -2.13. The summed E-state index contributed by atoms with van der Waals surface area (Å²) in [6, 6.07) is 0. The van der Waals surface area contributed by atoms with Gasteiger partial charge in [0.05, 0.1) is 18.4 Å². The lowest BCUT2D eigenvalue weighted by Crippen LogP contribution is -2.24. The quantitative estimate of drug-likeness (QED) is 0.751. The number of rotatable bonds is 5. The number of carbonyl (C=O) groups excluding carboxylic acids is 1. The van der Waals surface area contributed by atoms with Crippen LogP contribution in [0.5, 0.6) is 0 Å². The average molecular weight is 271 g/mol. The van der Waals surface area contributed by atoms with E-state index in [9.17, 15) is 4.79 Å². The van der Waals surface area contributed by atoms with Crippen LogP contribution in [0.4, 0.5) is 5.69 Å². The minimum absolute atomic E-state index is 0.146. The summed E-state index contributed by atoms with van der Waals surface area (Å²) in [4.78, 5) is 15.7. The zero-order valence-electron chi connectivity index (χ0n) is 10.8. The van der Waals surface area contributed by atoms with E-state index in [2.05, 4.69) is 10.00 Å². The Kier molecular flexibility index (Phi) is 4.24. The standard InChI is InChI=1S/C12H19ClN4O/c1-15(2)3-4-16-9-11(7-14-16)17-8-10(6-13)5-12(17)18/h7,9-10H,3-6,8H2,1-2H3. The van der Waals surface area contributed by atoms with E-state index in [1.165, 1.54) is 0 Å². The Morgan fingerprint density at radius 1 is 1.56 bits per heavy atom. The van der Waals surface area contributed by atoms with Crippen molar-refractivity contribution in [3.63, 3.8) is 0 Å². The van der Waals surface area contributed by atoms with Gasteiger partial charge in [0.1, 0.15) is 0 Å². The second-order valence-corrected chi connectivity index (χ2v) is 5.30. The molecule has 0 saturated carbocycles. The number of likely N-dealkylation sites (N-methyl/N-ethyl adjacent to an activating group) is 1. The Hall–Kier alpha value is -1.07. The fraction of sp³-hybridized carbons (Fsp3) is 0.667. The van der Waals surface area contributed by atoms with Crippen LogP contribution in [0.2, 0.25) is 0 Å². The Bertz CT molecular complexity index is 418. The van der Waals surface area contributed by atoms with Crippen LogP contribution in [0, 0.1) is 5.92 Å². The van der Waals surface area contributed by atoms with Crippen molar-refractivity contribution in [3.05, 3.63) is 12.4 Å². The van der Waals surface area contributed by atoms with Crippen LogP contribution in [-0.4, -0.2) is 53.7 Å². The predicted octanol–water partition coefficient (Wildman–Crippen LogP) is 1.04. The maximum absolute atomic E-state index is 11.8. The summed E-state index contributed by atoms with van der Waals surface area (Å²) in [6.45, 7) is 2.47. The summed E-state index contributed by atoms with van der Waals surface area (Å²) < 4.78 is 1.87. The molecule has 1 aliphatic heterocycles. The molecule has 0 spiro atoms. The second-order valence-electron chi connectivity index (χ2n) is 4.99. The van der Waals surface area contributed by atoms with Gasteiger partial charge in [-0.15, -0.1) is 11.6 Å². The van der Waals surface area contributed by atoms with Crippen LogP contribution in [0.3, 0.4) is 0 Å². The lowest BCUT2D eigenvalue weighted by molar-refractivity contribution is -0.117. The van der Waals surface area contributed by atoms with Gasteiger partial charge < -0.3 is 9.80 Å². The third-order valence-electron chi connectivity index (χ3n) is 3.13. The molecule has 1 aromatic heterocycles. The summed E-state index contributed by atoms with van der Waals surface area (Å²) in [5.74, 6) is 0.953. The van der Waals surface area contributed by atoms with Gasteiger partial charge in [-0.25, -0.2) is 0 Å². The lowest BCUT2D eigenvalue weighted by atomic mass is 10.1. The van der Waals surface area contributed by atoms with Crippen molar-refractivity contribution in [3.8, 4) is 0 Å². The fourth-order valence-corrected chi connectivity index (χ4v) is 2.26. The SMILES string of the molecule is CN(C)CCn1cc(N2CC(CCl)CC2=O)cn1. The molecule has 18 heavy (non-hydrogen) atoms. The summed E-state index contributed by atoms with van der Waals surface area (Å²) >= 11 is 5.81. The maximum Gasteiger partial charge on any atom is 0.227 e. The van der Waals surface area contributed by atoms with Crippen LogP contribution in [0.15, 0.2) is 12.4 Å². The molecule has 100 valence electrons. The largest absolute Gasteiger partial charge is 0.309 e. The molecule has 2 heterocycles. The summed E-state index contributed by atoms with van der Waals surface area (Å²) in [7, 11) is 4.05. The van der Waals surface area contributed by atoms with E-state index in [1.54, 1.807) is 11.1 Å². The molecule has 0 aliphatic carbocycles. The van der Waals surface area contributed by atoms with E-state index in [1.807, 2.05) is 25.0 Å². The smallest absolute Gasteiger partial charge is 0.227 e. The van der Waals surface area contributed by atoms with E-state index >= 15 is 0 Å². The molecule has 0 N–H and O–H groups in total. The molecule has 0 bridgehead atoms. The van der Waals surface area contributed by atoms with E-state index in [-0.39, 0.29) is 11.8 Å². The van der Waals surface area contributed by atoms with Crippen molar-refractivity contribution >= 4 is 23.2 Å². The number of hydrogen-bond acceptors (Lipinski definition) is 3. The summed E-state index contributed by atoms with van der Waals surface area (Å²) in [6.07, 6.45) is 4.23. The highest BCUT2D eigenvalue weighted by Gasteiger charge is 2.30. The van der Waals surface area contributed by atoms with Crippen LogP contribution in [-0.2, 0) is 11.3 Å². The third kappa shape index (κ3) is 3.03. The van der Waals surface area contributed by atoms with Crippen molar-refractivity contribution in [1.82, 2.24) is 14.7 Å². The molecule has 0 radical (unpaired) electrons. The minimum Gasteiger partial charge on any atom is -0.309 e. The Morgan fingerprint density at radius 2 is 2.33 bits per heavy atom. The van der Waals surface area contributed by atoms with Gasteiger partial charge in [-0.1, -0.05) is 0 Å². The minimum atomic E-state index is 0.146. The topological polar surface area (TPSA) is 41.4 Å². The zero-order chi connectivity index (χ0) is 13.1. The van der Waals surface area contributed by atoms with Gasteiger partial charge in [-0.05, 0) is 20.0 Å². The van der Waals surface area contributed by atoms with E-state index in [0.717, 1.165) is 18.8 Å². The van der Waals surface area contributed by atoms with Crippen molar-refractivity contribution in [1.29, 1.82) is 0 Å². The molecular weight excluding hydrogens is 252 g/mol. The molecule has 1 fully saturated rings. The number of hydrogen-bond donors (Lipinski definition) is 0. The molecule has 1 aromatic rings. The van der Waals surface area contributed by atoms with Crippen LogP contribution >= 0.6 is 11.6 Å². The van der Waals surface area contributed by atoms with Crippen LogP contribution in [0.25, 0.3) is 0 Å². The first-order chi connectivity index (χ1) is 8.60. The molecule has 1 amide bonds. The highest BCUT2D eigenvalue weighted by molar-refractivity contribution is 6.18. The molecule has 0 aromatic carbocycles. The molecule has 1 saturated heterocycles. The van der Waals surface area contributed by atoms with E-state index in [4.69, 9.17) is 11.6 Å². The predicted molar refractivity (Wildman–Crippen MR) is 72.0 cm³/mol. The zero-order valence-corrected chi connectivity index (χ0v) is 11.6. The number of amides is 1. The first kappa shape index (κ1) is 13.4. The van der Waals surface area contributed by atoms with Gasteiger partial charge in [0, 0.05) is 31.6 Å². The molecular formula is C12H19ClN4O. The molecule has 2 rings (SSSR count). The van der Waals surface area contributed by atoms with E-state index in [0.29, 0.717) is 18.8 Å². The second kappa shape index (κ2) is 5.71. The molecule has 6 heteroatoms. The number of carbonyl (C=O) groups is 1. The monoisotopic (exact) mass is 270 g/mol. The molecule has 1 unspecified atom stereocenters. The van der Waals surface area contributed by atoms with Gasteiger partial charge in [0.25, 0.3) is 0 Å².